The molecule has 3 aromatic carbocycles. The van der Waals surface area contributed by atoms with Crippen LogP contribution in [-0.4, -0.2) is 6.10 Å². The van der Waals surface area contributed by atoms with Gasteiger partial charge < -0.3 is 4.74 Å². The van der Waals surface area contributed by atoms with E-state index in [1.54, 1.807) is 0 Å². The Morgan fingerprint density at radius 1 is 0.957 bits per heavy atom. The third-order valence-electron chi connectivity index (χ3n) is 4.28. The van der Waals surface area contributed by atoms with E-state index in [4.69, 9.17) is 4.74 Å². The summed E-state index contributed by atoms with van der Waals surface area (Å²) in [4.78, 5) is 0. The summed E-state index contributed by atoms with van der Waals surface area (Å²) >= 11 is 0. The molecule has 1 nitrogen and oxygen atoms in total. The van der Waals surface area contributed by atoms with Gasteiger partial charge in [-0.05, 0) is 41.0 Å². The molecule has 3 aromatic rings. The van der Waals surface area contributed by atoms with Crippen molar-refractivity contribution < 1.29 is 4.74 Å². The Morgan fingerprint density at radius 2 is 1.70 bits per heavy atom. The fourth-order valence-corrected chi connectivity index (χ4v) is 3.21. The molecule has 0 bridgehead atoms. The first-order valence-corrected chi connectivity index (χ1v) is 7.85. The lowest BCUT2D eigenvalue weighted by Gasteiger charge is -2.12. The molecular weight excluding hydrogens is 280 g/mol. The summed E-state index contributed by atoms with van der Waals surface area (Å²) in [5, 5.41) is 2.46. The number of ether oxygens (including phenoxy) is 1. The molecule has 0 radical (unpaired) electrons. The Bertz CT molecular complexity index is 919. The van der Waals surface area contributed by atoms with Crippen LogP contribution in [0.4, 0.5) is 0 Å². The van der Waals surface area contributed by atoms with Crippen LogP contribution in [0, 0.1) is 0 Å². The van der Waals surface area contributed by atoms with Crippen molar-refractivity contribution in [2.24, 2.45) is 0 Å². The van der Waals surface area contributed by atoms with E-state index in [1.807, 2.05) is 13.0 Å². The van der Waals surface area contributed by atoms with Gasteiger partial charge in [0, 0.05) is 11.1 Å². The maximum absolute atomic E-state index is 6.19. The molecule has 0 N–H and O–H groups in total. The zero-order chi connectivity index (χ0) is 15.8. The Labute approximate surface area is 136 Å². The van der Waals surface area contributed by atoms with Crippen molar-refractivity contribution in [2.45, 2.75) is 13.0 Å². The summed E-state index contributed by atoms with van der Waals surface area (Å²) in [7, 11) is 0. The van der Waals surface area contributed by atoms with Gasteiger partial charge in [0.25, 0.3) is 0 Å². The molecule has 1 aliphatic rings. The summed E-state index contributed by atoms with van der Waals surface area (Å²) in [6.45, 7) is 6.15. The van der Waals surface area contributed by atoms with E-state index in [1.165, 1.54) is 27.5 Å². The molecule has 1 aliphatic heterocycles. The van der Waals surface area contributed by atoms with E-state index >= 15 is 0 Å². The van der Waals surface area contributed by atoms with Crippen LogP contribution in [0.5, 0.6) is 5.75 Å². The zero-order valence-corrected chi connectivity index (χ0v) is 13.1. The molecule has 0 saturated heterocycles. The first-order chi connectivity index (χ1) is 11.2. The summed E-state index contributed by atoms with van der Waals surface area (Å²) in [5.74, 6) is 0.943. The fourth-order valence-electron chi connectivity index (χ4n) is 3.21. The van der Waals surface area contributed by atoms with Crippen LogP contribution in [0.2, 0.25) is 0 Å². The molecule has 0 amide bonds. The first-order valence-electron chi connectivity index (χ1n) is 7.85. The predicted octanol–water partition coefficient (Wildman–Crippen LogP) is 5.72. The third-order valence-corrected chi connectivity index (χ3v) is 4.28. The van der Waals surface area contributed by atoms with E-state index in [0.717, 1.165) is 11.3 Å². The molecule has 4 rings (SSSR count). The second-order valence-corrected chi connectivity index (χ2v) is 6.01. The van der Waals surface area contributed by atoms with Crippen LogP contribution in [0.3, 0.4) is 0 Å². The second-order valence-electron chi connectivity index (χ2n) is 6.01. The minimum Gasteiger partial charge on any atom is -0.481 e. The highest BCUT2D eigenvalue weighted by molar-refractivity contribution is 6.03. The molecule has 1 heteroatoms. The molecule has 0 saturated carbocycles. The number of fused-ring (bicyclic) bond motifs is 3. The molecule has 1 heterocycles. The molecule has 0 aromatic heterocycles. The Kier molecular flexibility index (Phi) is 3.27. The van der Waals surface area contributed by atoms with Crippen LogP contribution in [0.25, 0.3) is 22.4 Å². The minimum atomic E-state index is -0.0870. The van der Waals surface area contributed by atoms with Gasteiger partial charge in [0.2, 0.25) is 0 Å². The Morgan fingerprint density at radius 3 is 2.48 bits per heavy atom. The number of hydrogen-bond donors (Lipinski definition) is 0. The van der Waals surface area contributed by atoms with Gasteiger partial charge in [-0.2, -0.15) is 0 Å². The SMILES string of the molecule is C=C(C)[C@@H]1Oc2ccc3ccccc3c2/C1=C/c1ccccc1. The molecular formula is C22H18O. The van der Waals surface area contributed by atoms with Crippen LogP contribution in [0.15, 0.2) is 78.9 Å². The van der Waals surface area contributed by atoms with Gasteiger partial charge in [-0.1, -0.05) is 67.2 Å². The van der Waals surface area contributed by atoms with E-state index in [0.29, 0.717) is 0 Å². The zero-order valence-electron chi connectivity index (χ0n) is 13.1. The highest BCUT2D eigenvalue weighted by Gasteiger charge is 2.30. The van der Waals surface area contributed by atoms with Crippen molar-refractivity contribution in [1.82, 2.24) is 0 Å². The van der Waals surface area contributed by atoms with Crippen LogP contribution < -0.4 is 4.74 Å². The van der Waals surface area contributed by atoms with Crippen molar-refractivity contribution in [3.05, 3.63) is 90.0 Å². The molecule has 0 spiro atoms. The quantitative estimate of drug-likeness (QED) is 0.550. The van der Waals surface area contributed by atoms with Crippen LogP contribution in [0.1, 0.15) is 18.1 Å². The number of rotatable bonds is 2. The monoisotopic (exact) mass is 298 g/mol. The van der Waals surface area contributed by atoms with E-state index < -0.39 is 0 Å². The lowest BCUT2D eigenvalue weighted by Crippen LogP contribution is -2.12. The largest absolute Gasteiger partial charge is 0.481 e. The average Bonchev–Trinajstić information content (AvgIpc) is 2.95. The minimum absolute atomic E-state index is 0.0870. The average molecular weight is 298 g/mol. The van der Waals surface area contributed by atoms with Gasteiger partial charge >= 0.3 is 0 Å². The normalized spacial score (nSPS) is 18.0. The predicted molar refractivity (Wildman–Crippen MR) is 97.5 cm³/mol. The Hall–Kier alpha value is -2.80. The maximum Gasteiger partial charge on any atom is 0.145 e. The van der Waals surface area contributed by atoms with E-state index in [2.05, 4.69) is 73.3 Å². The number of benzene rings is 3. The smallest absolute Gasteiger partial charge is 0.145 e. The summed E-state index contributed by atoms with van der Waals surface area (Å²) < 4.78 is 6.19. The molecule has 0 fully saturated rings. The second kappa shape index (κ2) is 5.44. The highest BCUT2D eigenvalue weighted by Crippen LogP contribution is 2.44. The maximum atomic E-state index is 6.19. The van der Waals surface area contributed by atoms with Gasteiger partial charge in [0.15, 0.2) is 0 Å². The van der Waals surface area contributed by atoms with Gasteiger partial charge in [0.05, 0.1) is 0 Å². The summed E-state index contributed by atoms with van der Waals surface area (Å²) in [6, 6.07) is 23.0. The van der Waals surface area contributed by atoms with Crippen LogP contribution in [-0.2, 0) is 0 Å². The van der Waals surface area contributed by atoms with Gasteiger partial charge in [-0.25, -0.2) is 0 Å². The van der Waals surface area contributed by atoms with Crippen molar-refractivity contribution in [3.63, 3.8) is 0 Å². The molecule has 0 aliphatic carbocycles. The highest BCUT2D eigenvalue weighted by atomic mass is 16.5. The Balaban J connectivity index is 1.98. The molecule has 1 atom stereocenters. The number of hydrogen-bond acceptors (Lipinski definition) is 1. The van der Waals surface area contributed by atoms with Crippen molar-refractivity contribution in [2.75, 3.05) is 0 Å². The summed E-state index contributed by atoms with van der Waals surface area (Å²) in [6.07, 6.45) is 2.13. The summed E-state index contributed by atoms with van der Waals surface area (Å²) in [5.41, 5.74) is 4.58. The van der Waals surface area contributed by atoms with Crippen LogP contribution >= 0.6 is 0 Å². The lowest BCUT2D eigenvalue weighted by atomic mass is 9.92. The lowest BCUT2D eigenvalue weighted by molar-refractivity contribution is 0.312. The molecule has 23 heavy (non-hydrogen) atoms. The van der Waals surface area contributed by atoms with Crippen molar-refractivity contribution in [1.29, 1.82) is 0 Å². The first kappa shape index (κ1) is 13.8. The van der Waals surface area contributed by atoms with Gasteiger partial charge in [-0.3, -0.25) is 0 Å². The van der Waals surface area contributed by atoms with E-state index in [9.17, 15) is 0 Å². The van der Waals surface area contributed by atoms with Crippen molar-refractivity contribution in [3.8, 4) is 5.75 Å². The third kappa shape index (κ3) is 2.35. The fraction of sp³-hybridized carbons (Fsp3) is 0.0909. The standard InChI is InChI=1S/C22H18O/c1-15(2)22-19(14-16-8-4-3-5-9-16)21-18-11-7-6-10-17(18)12-13-20(21)23-22/h3-14,22H,1H2,2H3/b19-14-/t22-/m0/s1. The molecule has 0 unspecified atom stereocenters. The van der Waals surface area contributed by atoms with Gasteiger partial charge in [0.1, 0.15) is 11.9 Å². The van der Waals surface area contributed by atoms with Gasteiger partial charge in [-0.15, -0.1) is 0 Å². The molecule has 112 valence electrons. The van der Waals surface area contributed by atoms with Crippen molar-refractivity contribution >= 4 is 22.4 Å². The topological polar surface area (TPSA) is 9.23 Å². The van der Waals surface area contributed by atoms with E-state index in [-0.39, 0.29) is 6.10 Å².